The number of likely N-dealkylation sites (tertiary alicyclic amines) is 1. The Bertz CT molecular complexity index is 837. The Balaban J connectivity index is 1.53. The first kappa shape index (κ1) is 22.2. The summed E-state index contributed by atoms with van der Waals surface area (Å²) in [5.74, 6) is -2.93. The van der Waals surface area contributed by atoms with Gasteiger partial charge in [-0.1, -0.05) is 49.5 Å². The molecular weight excluding hydrogens is 531 g/mol. The zero-order valence-electron chi connectivity index (χ0n) is 15.5. The minimum absolute atomic E-state index is 0.0889. The number of anilines is 1. The highest BCUT2D eigenvalue weighted by molar-refractivity contribution is 9.12. The number of esters is 1. The maximum atomic E-state index is 12.6. The highest BCUT2D eigenvalue weighted by atomic mass is 79.9. The number of carbonyl (C=O) groups is 4. The molecule has 1 heterocycles. The van der Waals surface area contributed by atoms with Crippen molar-refractivity contribution in [2.24, 2.45) is 11.8 Å². The van der Waals surface area contributed by atoms with E-state index in [0.717, 1.165) is 4.90 Å². The van der Waals surface area contributed by atoms with Crippen molar-refractivity contribution < 1.29 is 23.9 Å². The largest absolute Gasteiger partial charge is 0.454 e. The van der Waals surface area contributed by atoms with Gasteiger partial charge < -0.3 is 10.1 Å². The van der Waals surface area contributed by atoms with Crippen LogP contribution in [0.2, 0.25) is 5.02 Å². The van der Waals surface area contributed by atoms with Crippen LogP contribution in [-0.2, 0) is 23.9 Å². The minimum Gasteiger partial charge on any atom is -0.454 e. The van der Waals surface area contributed by atoms with Gasteiger partial charge in [0.2, 0.25) is 11.8 Å². The quantitative estimate of drug-likeness (QED) is 0.346. The number of hydrogen-bond acceptors (Lipinski definition) is 5. The fraction of sp³-hybridized carbons (Fsp3) is 0.474. The van der Waals surface area contributed by atoms with Crippen LogP contribution in [-0.4, -0.2) is 51.4 Å². The fourth-order valence-electron chi connectivity index (χ4n) is 3.57. The Morgan fingerprint density at radius 2 is 1.76 bits per heavy atom. The lowest BCUT2D eigenvalue weighted by Crippen LogP contribution is -2.37. The van der Waals surface area contributed by atoms with Crippen LogP contribution in [0.3, 0.4) is 0 Å². The molecule has 4 atom stereocenters. The summed E-state index contributed by atoms with van der Waals surface area (Å²) in [6.45, 7) is 0.734. The second-order valence-electron chi connectivity index (χ2n) is 7.10. The normalized spacial score (nSPS) is 26.3. The van der Waals surface area contributed by atoms with Gasteiger partial charge in [-0.15, -0.1) is 0 Å². The van der Waals surface area contributed by atoms with E-state index in [1.165, 1.54) is 0 Å². The molecule has 3 amide bonds. The molecule has 0 aromatic heterocycles. The summed E-state index contributed by atoms with van der Waals surface area (Å²) in [7, 11) is 0. The summed E-state index contributed by atoms with van der Waals surface area (Å²) in [6, 6.07) is 5.07. The third-order valence-electron chi connectivity index (χ3n) is 5.20. The third kappa shape index (κ3) is 4.83. The zero-order valence-corrected chi connectivity index (χ0v) is 19.4. The first-order valence-electron chi connectivity index (χ1n) is 9.03. The molecule has 1 aromatic carbocycles. The van der Waals surface area contributed by atoms with Gasteiger partial charge in [0.15, 0.2) is 6.61 Å². The van der Waals surface area contributed by atoms with Crippen molar-refractivity contribution in [3.05, 3.63) is 28.8 Å². The number of nitrogens with zero attached hydrogens (tertiary/aromatic N) is 1. The number of nitrogens with one attached hydrogen (secondary N) is 1. The average molecular weight is 551 g/mol. The maximum Gasteiger partial charge on any atom is 0.326 e. The van der Waals surface area contributed by atoms with Gasteiger partial charge in [0, 0.05) is 20.4 Å². The first-order valence-corrected chi connectivity index (χ1v) is 11.2. The van der Waals surface area contributed by atoms with E-state index in [-0.39, 0.29) is 21.5 Å². The van der Waals surface area contributed by atoms with E-state index in [0.29, 0.717) is 29.1 Å². The molecule has 2 fully saturated rings. The number of halogens is 3. The lowest BCUT2D eigenvalue weighted by atomic mass is 9.81. The van der Waals surface area contributed by atoms with E-state index in [4.69, 9.17) is 16.3 Å². The lowest BCUT2D eigenvalue weighted by molar-refractivity contribution is -0.154. The number of amides is 3. The van der Waals surface area contributed by atoms with Gasteiger partial charge in [-0.2, -0.15) is 0 Å². The van der Waals surface area contributed by atoms with Crippen molar-refractivity contribution in [2.45, 2.75) is 29.4 Å². The molecule has 1 N–H and O–H groups in total. The molecule has 1 aliphatic carbocycles. The van der Waals surface area contributed by atoms with Crippen LogP contribution in [0, 0.1) is 18.8 Å². The van der Waals surface area contributed by atoms with Gasteiger partial charge in [-0.25, -0.2) is 0 Å². The number of carbonyl (C=O) groups excluding carboxylic acids is 4. The second-order valence-corrected chi connectivity index (χ2v) is 9.86. The standard InChI is InChI=1S/C19H19Br2ClN2O5/c1-9-14(22)3-2-4-15(9)23-16(25)8-29-17(26)7-24-18(27)10-5-12(20)13(21)6-11(10)19(24)28/h2-4,10-13H,5-8H2,1H3,(H,23,25)/t10-,11+,12+,13-. The third-order valence-corrected chi connectivity index (χ3v) is 8.34. The summed E-state index contributed by atoms with van der Waals surface area (Å²) in [4.78, 5) is 50.4. The van der Waals surface area contributed by atoms with Crippen molar-refractivity contribution in [1.29, 1.82) is 0 Å². The molecule has 0 bridgehead atoms. The number of ether oxygens (including phenoxy) is 1. The van der Waals surface area contributed by atoms with Gasteiger partial charge in [0.05, 0.1) is 11.8 Å². The van der Waals surface area contributed by atoms with E-state index in [1.807, 2.05) is 0 Å². The van der Waals surface area contributed by atoms with E-state index < -0.39 is 36.9 Å². The van der Waals surface area contributed by atoms with E-state index in [9.17, 15) is 19.2 Å². The highest BCUT2D eigenvalue weighted by Crippen LogP contribution is 2.43. The van der Waals surface area contributed by atoms with Crippen molar-refractivity contribution in [1.82, 2.24) is 4.90 Å². The Hall–Kier alpha value is -1.45. The van der Waals surface area contributed by atoms with E-state index in [2.05, 4.69) is 37.2 Å². The molecule has 2 aliphatic rings. The van der Waals surface area contributed by atoms with Crippen LogP contribution in [0.5, 0.6) is 0 Å². The smallest absolute Gasteiger partial charge is 0.326 e. The summed E-state index contributed by atoms with van der Waals surface area (Å²) in [5, 5.41) is 3.11. The molecule has 3 rings (SSSR count). The van der Waals surface area contributed by atoms with Crippen molar-refractivity contribution in [3.8, 4) is 0 Å². The number of fused-ring (bicyclic) bond motifs is 1. The monoisotopic (exact) mass is 548 g/mol. The minimum atomic E-state index is -0.811. The van der Waals surface area contributed by atoms with Crippen LogP contribution < -0.4 is 5.32 Å². The van der Waals surface area contributed by atoms with E-state index in [1.54, 1.807) is 25.1 Å². The molecule has 1 aliphatic heterocycles. The predicted molar refractivity (Wildman–Crippen MR) is 114 cm³/mol. The first-order chi connectivity index (χ1) is 13.7. The highest BCUT2D eigenvalue weighted by Gasteiger charge is 2.52. The van der Waals surface area contributed by atoms with Gasteiger partial charge in [-0.05, 0) is 37.5 Å². The lowest BCUT2D eigenvalue weighted by Gasteiger charge is -2.29. The van der Waals surface area contributed by atoms with Gasteiger partial charge in [-0.3, -0.25) is 24.1 Å². The summed E-state index contributed by atoms with van der Waals surface area (Å²) >= 11 is 13.0. The van der Waals surface area contributed by atoms with Crippen LogP contribution >= 0.6 is 43.5 Å². The fourth-order valence-corrected chi connectivity index (χ4v) is 4.98. The molecule has 10 heteroatoms. The molecule has 1 saturated heterocycles. The van der Waals surface area contributed by atoms with Crippen LogP contribution in [0.4, 0.5) is 5.69 Å². The summed E-state index contributed by atoms with van der Waals surface area (Å²) < 4.78 is 4.95. The van der Waals surface area contributed by atoms with Gasteiger partial charge >= 0.3 is 5.97 Å². The van der Waals surface area contributed by atoms with E-state index >= 15 is 0 Å². The molecule has 0 radical (unpaired) electrons. The summed E-state index contributed by atoms with van der Waals surface area (Å²) in [5.41, 5.74) is 1.21. The zero-order chi connectivity index (χ0) is 21.3. The SMILES string of the molecule is Cc1c(Cl)cccc1NC(=O)COC(=O)CN1C(=O)[C@H]2C[C@@H](Br)[C@@H](Br)C[C@H]2C1=O. The maximum absolute atomic E-state index is 12.6. The Morgan fingerprint density at radius 1 is 1.17 bits per heavy atom. The number of rotatable bonds is 5. The van der Waals surface area contributed by atoms with Crippen LogP contribution in [0.15, 0.2) is 18.2 Å². The number of imide groups is 1. The Labute approximate surface area is 189 Å². The molecule has 1 saturated carbocycles. The predicted octanol–water partition coefficient (Wildman–Crippen LogP) is 3.05. The second kappa shape index (κ2) is 9.14. The molecule has 156 valence electrons. The number of hydrogen-bond donors (Lipinski definition) is 1. The Morgan fingerprint density at radius 3 is 2.34 bits per heavy atom. The molecule has 1 aromatic rings. The molecule has 0 spiro atoms. The average Bonchev–Trinajstić information content (AvgIpc) is 2.89. The molecule has 0 unspecified atom stereocenters. The van der Waals surface area contributed by atoms with Crippen molar-refractivity contribution in [3.63, 3.8) is 0 Å². The van der Waals surface area contributed by atoms with Crippen LogP contribution in [0.1, 0.15) is 18.4 Å². The molecular formula is C19H19Br2ClN2O5. The molecule has 29 heavy (non-hydrogen) atoms. The van der Waals surface area contributed by atoms with Crippen molar-refractivity contribution >= 4 is 72.8 Å². The number of benzene rings is 1. The number of alkyl halides is 2. The summed E-state index contributed by atoms with van der Waals surface area (Å²) in [6.07, 6.45) is 1.05. The Kier molecular flexibility index (Phi) is 7.01. The molecule has 7 nitrogen and oxygen atoms in total. The van der Waals surface area contributed by atoms with Crippen molar-refractivity contribution in [2.75, 3.05) is 18.5 Å². The topological polar surface area (TPSA) is 92.8 Å². The van der Waals surface area contributed by atoms with Gasteiger partial charge in [0.1, 0.15) is 6.54 Å². The van der Waals surface area contributed by atoms with Gasteiger partial charge in [0.25, 0.3) is 5.91 Å². The van der Waals surface area contributed by atoms with Crippen LogP contribution in [0.25, 0.3) is 0 Å².